The van der Waals surface area contributed by atoms with Crippen LogP contribution in [0.4, 0.5) is 0 Å². The third kappa shape index (κ3) is 1.48. The molecule has 0 spiro atoms. The minimum absolute atomic E-state index is 0.0241. The molecule has 4 heteroatoms. The first-order valence-electron chi connectivity index (χ1n) is 4.95. The van der Waals surface area contributed by atoms with Crippen molar-refractivity contribution in [3.05, 3.63) is 35.4 Å². The average Bonchev–Trinajstić information content (AvgIpc) is 2.55. The molecule has 2 heterocycles. The molecule has 0 atom stereocenters. The van der Waals surface area contributed by atoms with Gasteiger partial charge in [0.25, 0.3) is 0 Å². The van der Waals surface area contributed by atoms with Gasteiger partial charge in [-0.1, -0.05) is 13.0 Å². The zero-order valence-corrected chi connectivity index (χ0v) is 8.91. The molecule has 15 heavy (non-hydrogen) atoms. The van der Waals surface area contributed by atoms with Gasteiger partial charge < -0.3 is 10.1 Å². The van der Waals surface area contributed by atoms with E-state index in [4.69, 9.17) is 11.1 Å². The number of nitrogens with one attached hydrogen (secondary N) is 1. The van der Waals surface area contributed by atoms with Gasteiger partial charge in [-0.05, 0) is 18.6 Å². The fraction of sp³-hybridized carbons (Fsp3) is 0.273. The van der Waals surface area contributed by atoms with E-state index in [-0.39, 0.29) is 5.84 Å². The molecule has 2 rings (SSSR count). The number of pyridine rings is 1. The summed E-state index contributed by atoms with van der Waals surface area (Å²) in [6.45, 7) is 4.08. The van der Waals surface area contributed by atoms with E-state index in [0.717, 1.165) is 17.8 Å². The number of nitrogens with two attached hydrogens (primary N) is 1. The minimum atomic E-state index is 0.0241. The molecule has 0 bridgehead atoms. The smallest absolute Gasteiger partial charge is 0.144 e. The lowest BCUT2D eigenvalue weighted by Gasteiger charge is -1.99. The summed E-state index contributed by atoms with van der Waals surface area (Å²) in [5, 5.41) is 7.46. The predicted octanol–water partition coefficient (Wildman–Crippen LogP) is 1.49. The first-order valence-corrected chi connectivity index (χ1v) is 4.95. The summed E-state index contributed by atoms with van der Waals surface area (Å²) in [4.78, 5) is 4.36. The highest BCUT2D eigenvalue weighted by Gasteiger charge is 2.11. The lowest BCUT2D eigenvalue weighted by Crippen LogP contribution is -2.12. The summed E-state index contributed by atoms with van der Waals surface area (Å²) >= 11 is 0. The Bertz CT molecular complexity index is 525. The van der Waals surface area contributed by atoms with Crippen LogP contribution in [-0.4, -0.2) is 15.2 Å². The van der Waals surface area contributed by atoms with Crippen LogP contribution in [0.5, 0.6) is 0 Å². The maximum absolute atomic E-state index is 7.46. The molecule has 0 aliphatic heterocycles. The second kappa shape index (κ2) is 3.38. The largest absolute Gasteiger partial charge is 0.382 e. The van der Waals surface area contributed by atoms with E-state index >= 15 is 0 Å². The van der Waals surface area contributed by atoms with Crippen LogP contribution >= 0.6 is 0 Å². The number of nitrogen functional groups attached to an aromatic ring is 1. The molecule has 2 aromatic rings. The van der Waals surface area contributed by atoms with E-state index in [1.165, 1.54) is 5.56 Å². The normalized spacial score (nSPS) is 10.8. The van der Waals surface area contributed by atoms with Crippen LogP contribution in [0.15, 0.2) is 18.3 Å². The quantitative estimate of drug-likeness (QED) is 0.572. The predicted molar refractivity (Wildman–Crippen MR) is 60.3 cm³/mol. The number of aryl methyl sites for hydroxylation is 2. The Kier molecular flexibility index (Phi) is 2.19. The monoisotopic (exact) mass is 202 g/mol. The van der Waals surface area contributed by atoms with Gasteiger partial charge in [0.1, 0.15) is 17.4 Å². The SMILES string of the molecule is CCc1nc(C(=N)N)c2ccc(C)cn12. The van der Waals surface area contributed by atoms with Crippen LogP contribution in [0.2, 0.25) is 0 Å². The Labute approximate surface area is 88.3 Å². The maximum atomic E-state index is 7.46. The molecule has 0 saturated heterocycles. The molecule has 78 valence electrons. The van der Waals surface area contributed by atoms with Crippen molar-refractivity contribution in [2.24, 2.45) is 5.73 Å². The molecule has 2 aromatic heterocycles. The number of amidine groups is 1. The Morgan fingerprint density at radius 2 is 2.27 bits per heavy atom. The molecular formula is C11H14N4. The number of hydrogen-bond acceptors (Lipinski definition) is 2. The van der Waals surface area contributed by atoms with Crippen LogP contribution < -0.4 is 5.73 Å². The van der Waals surface area contributed by atoms with Gasteiger partial charge in [0.05, 0.1) is 5.52 Å². The third-order valence-electron chi connectivity index (χ3n) is 2.43. The Balaban J connectivity index is 2.81. The second-order valence-corrected chi connectivity index (χ2v) is 3.61. The van der Waals surface area contributed by atoms with Crippen molar-refractivity contribution in [2.75, 3.05) is 0 Å². The van der Waals surface area contributed by atoms with E-state index in [9.17, 15) is 0 Å². The molecule has 0 radical (unpaired) electrons. The topological polar surface area (TPSA) is 67.2 Å². The van der Waals surface area contributed by atoms with Crippen molar-refractivity contribution in [3.63, 3.8) is 0 Å². The number of fused-ring (bicyclic) bond motifs is 1. The Morgan fingerprint density at radius 3 is 2.87 bits per heavy atom. The fourth-order valence-electron chi connectivity index (χ4n) is 1.70. The summed E-state index contributed by atoms with van der Waals surface area (Å²) in [5.74, 6) is 0.968. The second-order valence-electron chi connectivity index (χ2n) is 3.61. The van der Waals surface area contributed by atoms with E-state index in [1.807, 2.05) is 36.6 Å². The van der Waals surface area contributed by atoms with E-state index in [0.29, 0.717) is 5.69 Å². The highest BCUT2D eigenvalue weighted by atomic mass is 15.0. The molecule has 3 N–H and O–H groups in total. The van der Waals surface area contributed by atoms with Crippen LogP contribution in [0, 0.1) is 12.3 Å². The lowest BCUT2D eigenvalue weighted by molar-refractivity contribution is 0.928. The average molecular weight is 202 g/mol. The summed E-state index contributed by atoms with van der Waals surface area (Å²) in [6, 6.07) is 3.96. The Hall–Kier alpha value is -1.84. The van der Waals surface area contributed by atoms with E-state index in [1.54, 1.807) is 0 Å². The molecule has 0 unspecified atom stereocenters. The van der Waals surface area contributed by atoms with Gasteiger partial charge in [-0.15, -0.1) is 0 Å². The summed E-state index contributed by atoms with van der Waals surface area (Å²) in [6.07, 6.45) is 2.85. The molecule has 0 aliphatic carbocycles. The maximum Gasteiger partial charge on any atom is 0.144 e. The van der Waals surface area contributed by atoms with Crippen LogP contribution in [-0.2, 0) is 6.42 Å². The van der Waals surface area contributed by atoms with Crippen molar-refractivity contribution in [1.82, 2.24) is 9.38 Å². The summed E-state index contributed by atoms with van der Waals surface area (Å²) < 4.78 is 2.01. The van der Waals surface area contributed by atoms with Crippen molar-refractivity contribution >= 4 is 11.4 Å². The molecule has 0 amide bonds. The van der Waals surface area contributed by atoms with Gasteiger partial charge in [-0.3, -0.25) is 5.41 Å². The van der Waals surface area contributed by atoms with Crippen LogP contribution in [0.3, 0.4) is 0 Å². The lowest BCUT2D eigenvalue weighted by atomic mass is 10.2. The van der Waals surface area contributed by atoms with Gasteiger partial charge in [0, 0.05) is 12.6 Å². The first-order chi connectivity index (χ1) is 7.13. The fourth-order valence-corrected chi connectivity index (χ4v) is 1.70. The highest BCUT2D eigenvalue weighted by Crippen LogP contribution is 2.14. The van der Waals surface area contributed by atoms with Crippen LogP contribution in [0.1, 0.15) is 24.0 Å². The standard InChI is InChI=1S/C11H14N4/c1-3-9-14-10(11(12)13)8-5-4-7(2)6-15(8)9/h4-6H,3H2,1-2H3,(H3,12,13). The molecule has 0 fully saturated rings. The Morgan fingerprint density at radius 1 is 1.53 bits per heavy atom. The van der Waals surface area contributed by atoms with E-state index < -0.39 is 0 Å². The first kappa shape index (κ1) is 9.71. The van der Waals surface area contributed by atoms with Gasteiger partial charge in [-0.2, -0.15) is 0 Å². The molecule has 0 aliphatic rings. The van der Waals surface area contributed by atoms with Crippen molar-refractivity contribution < 1.29 is 0 Å². The summed E-state index contributed by atoms with van der Waals surface area (Å²) in [5.41, 5.74) is 8.15. The number of aromatic nitrogens is 2. The zero-order chi connectivity index (χ0) is 11.0. The van der Waals surface area contributed by atoms with Crippen LogP contribution in [0.25, 0.3) is 5.52 Å². The number of hydrogen-bond donors (Lipinski definition) is 2. The van der Waals surface area contributed by atoms with Gasteiger partial charge in [-0.25, -0.2) is 4.98 Å². The molecule has 4 nitrogen and oxygen atoms in total. The van der Waals surface area contributed by atoms with Gasteiger partial charge in [0.2, 0.25) is 0 Å². The van der Waals surface area contributed by atoms with Crippen molar-refractivity contribution in [3.8, 4) is 0 Å². The zero-order valence-electron chi connectivity index (χ0n) is 8.91. The molecular weight excluding hydrogens is 188 g/mol. The number of rotatable bonds is 2. The van der Waals surface area contributed by atoms with Gasteiger partial charge in [0.15, 0.2) is 0 Å². The van der Waals surface area contributed by atoms with Crippen molar-refractivity contribution in [2.45, 2.75) is 20.3 Å². The number of nitrogens with zero attached hydrogens (tertiary/aromatic N) is 2. The molecule has 0 aromatic carbocycles. The number of imidazole rings is 1. The molecule has 0 saturated carbocycles. The van der Waals surface area contributed by atoms with Crippen molar-refractivity contribution in [1.29, 1.82) is 5.41 Å². The summed E-state index contributed by atoms with van der Waals surface area (Å²) in [7, 11) is 0. The highest BCUT2D eigenvalue weighted by molar-refractivity contribution is 5.99. The third-order valence-corrected chi connectivity index (χ3v) is 2.43. The van der Waals surface area contributed by atoms with Gasteiger partial charge >= 0.3 is 0 Å². The minimum Gasteiger partial charge on any atom is -0.382 e. The van der Waals surface area contributed by atoms with E-state index in [2.05, 4.69) is 4.98 Å².